The Morgan fingerprint density at radius 3 is 2.55 bits per heavy atom. The Hall–Kier alpha value is -2.10. The van der Waals surface area contributed by atoms with E-state index in [1.165, 1.54) is 0 Å². The van der Waals surface area contributed by atoms with Crippen LogP contribution in [0.2, 0.25) is 0 Å². The van der Waals surface area contributed by atoms with E-state index in [1.54, 1.807) is 6.07 Å². The molecule has 4 nitrogen and oxygen atoms in total. The molecule has 0 atom stereocenters. The van der Waals surface area contributed by atoms with Gasteiger partial charge in [-0.1, -0.05) is 32.9 Å². The van der Waals surface area contributed by atoms with Crippen LogP contribution in [0.1, 0.15) is 48.1 Å². The summed E-state index contributed by atoms with van der Waals surface area (Å²) in [5, 5.41) is 9.93. The minimum Gasteiger partial charge on any atom is -0.320 e. The summed E-state index contributed by atoms with van der Waals surface area (Å²) < 4.78 is 0. The van der Waals surface area contributed by atoms with Gasteiger partial charge in [-0.15, -0.1) is 0 Å². The van der Waals surface area contributed by atoms with Gasteiger partial charge in [0.25, 0.3) is 5.91 Å². The van der Waals surface area contributed by atoms with Crippen molar-refractivity contribution in [3.8, 4) is 0 Å². The summed E-state index contributed by atoms with van der Waals surface area (Å²) in [6.07, 6.45) is 0. The lowest BCUT2D eigenvalue weighted by molar-refractivity contribution is 0.102. The summed E-state index contributed by atoms with van der Waals surface area (Å²) in [4.78, 5) is 12.2. The van der Waals surface area contributed by atoms with Crippen molar-refractivity contribution in [2.24, 2.45) is 0 Å². The van der Waals surface area contributed by atoms with E-state index in [0.29, 0.717) is 5.69 Å². The van der Waals surface area contributed by atoms with E-state index < -0.39 is 0 Å². The zero-order valence-corrected chi connectivity index (χ0v) is 12.7. The zero-order chi connectivity index (χ0) is 14.9. The van der Waals surface area contributed by atoms with Crippen LogP contribution in [0, 0.1) is 13.8 Å². The van der Waals surface area contributed by atoms with Crippen LogP contribution in [0.4, 0.5) is 5.69 Å². The summed E-state index contributed by atoms with van der Waals surface area (Å²) in [6, 6.07) is 7.67. The molecule has 0 unspecified atom stereocenters. The van der Waals surface area contributed by atoms with Gasteiger partial charge in [0.05, 0.1) is 5.69 Å². The first kappa shape index (κ1) is 14.3. The molecule has 1 aromatic heterocycles. The van der Waals surface area contributed by atoms with Crippen LogP contribution in [0.5, 0.6) is 0 Å². The Morgan fingerprint density at radius 2 is 1.95 bits per heavy atom. The van der Waals surface area contributed by atoms with Crippen molar-refractivity contribution in [1.29, 1.82) is 0 Å². The Bertz CT molecular complexity index is 635. The molecule has 1 amide bonds. The van der Waals surface area contributed by atoms with Crippen molar-refractivity contribution in [3.63, 3.8) is 0 Å². The number of aromatic amines is 1. The van der Waals surface area contributed by atoms with Crippen molar-refractivity contribution >= 4 is 11.6 Å². The fourth-order valence-corrected chi connectivity index (χ4v) is 1.90. The van der Waals surface area contributed by atoms with Crippen molar-refractivity contribution in [2.75, 3.05) is 5.32 Å². The van der Waals surface area contributed by atoms with Crippen LogP contribution in [-0.4, -0.2) is 16.1 Å². The van der Waals surface area contributed by atoms with E-state index in [2.05, 4.69) is 36.3 Å². The summed E-state index contributed by atoms with van der Waals surface area (Å²) in [6.45, 7) is 10.2. The quantitative estimate of drug-likeness (QED) is 0.877. The van der Waals surface area contributed by atoms with Gasteiger partial charge in [0.2, 0.25) is 0 Å². The summed E-state index contributed by atoms with van der Waals surface area (Å²) in [5.74, 6) is -0.165. The number of aromatic nitrogens is 2. The van der Waals surface area contributed by atoms with Crippen LogP contribution in [-0.2, 0) is 5.41 Å². The molecule has 1 aromatic carbocycles. The number of benzene rings is 1. The smallest absolute Gasteiger partial charge is 0.273 e. The molecule has 0 saturated heterocycles. The normalized spacial score (nSPS) is 11.4. The molecule has 106 valence electrons. The highest BCUT2D eigenvalue weighted by atomic mass is 16.1. The summed E-state index contributed by atoms with van der Waals surface area (Å²) in [5.41, 5.74) is 4.36. The number of hydrogen-bond acceptors (Lipinski definition) is 2. The van der Waals surface area contributed by atoms with Gasteiger partial charge in [-0.25, -0.2) is 0 Å². The number of carbonyl (C=O) groups excluding carboxylic acids is 1. The fraction of sp³-hybridized carbons (Fsp3) is 0.375. The summed E-state index contributed by atoms with van der Waals surface area (Å²) >= 11 is 0. The van der Waals surface area contributed by atoms with Gasteiger partial charge in [-0.2, -0.15) is 5.10 Å². The first-order valence-corrected chi connectivity index (χ1v) is 6.72. The number of nitrogens with zero attached hydrogens (tertiary/aromatic N) is 1. The highest BCUT2D eigenvalue weighted by Crippen LogP contribution is 2.22. The lowest BCUT2D eigenvalue weighted by atomic mass is 9.92. The molecule has 0 saturated carbocycles. The lowest BCUT2D eigenvalue weighted by Crippen LogP contribution is -2.14. The number of amides is 1. The number of aryl methyl sites for hydroxylation is 1. The van der Waals surface area contributed by atoms with Gasteiger partial charge in [-0.05, 0) is 37.1 Å². The Labute approximate surface area is 119 Å². The second-order valence-electron chi connectivity index (χ2n) is 6.12. The molecule has 2 N–H and O–H groups in total. The third-order valence-electron chi connectivity index (χ3n) is 3.44. The van der Waals surface area contributed by atoms with Gasteiger partial charge in [0.1, 0.15) is 5.69 Å². The molecule has 0 radical (unpaired) electrons. The molecule has 4 heteroatoms. The molecule has 0 aliphatic carbocycles. The van der Waals surface area contributed by atoms with E-state index in [9.17, 15) is 4.79 Å². The average molecular weight is 271 g/mol. The Balaban J connectivity index is 2.20. The van der Waals surface area contributed by atoms with Crippen molar-refractivity contribution in [2.45, 2.75) is 40.0 Å². The standard InChI is InChI=1S/C16H21N3O/c1-10-7-6-8-12(11(10)2)17-15(20)13-9-14(19-18-13)16(3,4)5/h6-9H,1-5H3,(H,17,20)(H,18,19). The minimum atomic E-state index is -0.165. The first-order valence-electron chi connectivity index (χ1n) is 6.72. The molecular formula is C16H21N3O. The summed E-state index contributed by atoms with van der Waals surface area (Å²) in [7, 11) is 0. The van der Waals surface area contributed by atoms with Crippen LogP contribution in [0.3, 0.4) is 0 Å². The second kappa shape index (κ2) is 5.12. The SMILES string of the molecule is Cc1cccc(NC(=O)c2cc(C(C)(C)C)n[nH]2)c1C. The van der Waals surface area contributed by atoms with E-state index in [4.69, 9.17) is 0 Å². The maximum atomic E-state index is 12.2. The van der Waals surface area contributed by atoms with Crippen molar-refractivity contribution in [1.82, 2.24) is 10.2 Å². The second-order valence-corrected chi connectivity index (χ2v) is 6.12. The predicted molar refractivity (Wildman–Crippen MR) is 81.2 cm³/mol. The monoisotopic (exact) mass is 271 g/mol. The molecule has 0 fully saturated rings. The minimum absolute atomic E-state index is 0.0751. The van der Waals surface area contributed by atoms with E-state index in [0.717, 1.165) is 22.5 Å². The molecule has 0 aliphatic heterocycles. The third-order valence-corrected chi connectivity index (χ3v) is 3.44. The number of carbonyl (C=O) groups is 1. The third kappa shape index (κ3) is 2.90. The number of hydrogen-bond donors (Lipinski definition) is 2. The highest BCUT2D eigenvalue weighted by Gasteiger charge is 2.19. The number of H-pyrrole nitrogens is 1. The van der Waals surface area contributed by atoms with Crippen LogP contribution < -0.4 is 5.32 Å². The maximum absolute atomic E-state index is 12.2. The molecule has 2 rings (SSSR count). The van der Waals surface area contributed by atoms with Gasteiger partial charge < -0.3 is 5.32 Å². The average Bonchev–Trinajstić information content (AvgIpc) is 2.84. The largest absolute Gasteiger partial charge is 0.320 e. The Kier molecular flexibility index (Phi) is 3.66. The first-order chi connectivity index (χ1) is 9.29. The van der Waals surface area contributed by atoms with Gasteiger partial charge in [-0.3, -0.25) is 9.89 Å². The zero-order valence-electron chi connectivity index (χ0n) is 12.7. The fourth-order valence-electron chi connectivity index (χ4n) is 1.90. The predicted octanol–water partition coefficient (Wildman–Crippen LogP) is 3.58. The van der Waals surface area contributed by atoms with Crippen LogP contribution >= 0.6 is 0 Å². The van der Waals surface area contributed by atoms with E-state index in [-0.39, 0.29) is 11.3 Å². The molecule has 2 aromatic rings. The van der Waals surface area contributed by atoms with Crippen molar-refractivity contribution < 1.29 is 4.79 Å². The Morgan fingerprint density at radius 1 is 1.25 bits per heavy atom. The maximum Gasteiger partial charge on any atom is 0.273 e. The molecule has 0 spiro atoms. The molecule has 0 bridgehead atoms. The van der Waals surface area contributed by atoms with Gasteiger partial charge in [0, 0.05) is 11.1 Å². The van der Waals surface area contributed by atoms with Gasteiger partial charge in [0.15, 0.2) is 0 Å². The highest BCUT2D eigenvalue weighted by molar-refractivity contribution is 6.03. The number of nitrogens with one attached hydrogen (secondary N) is 2. The van der Waals surface area contributed by atoms with E-state index in [1.807, 2.05) is 32.0 Å². The topological polar surface area (TPSA) is 57.8 Å². The van der Waals surface area contributed by atoms with Gasteiger partial charge >= 0.3 is 0 Å². The van der Waals surface area contributed by atoms with Crippen LogP contribution in [0.25, 0.3) is 0 Å². The molecule has 0 aliphatic rings. The van der Waals surface area contributed by atoms with E-state index >= 15 is 0 Å². The molecule has 1 heterocycles. The number of rotatable bonds is 2. The lowest BCUT2D eigenvalue weighted by Gasteiger charge is -2.13. The molecule has 20 heavy (non-hydrogen) atoms. The van der Waals surface area contributed by atoms with Crippen molar-refractivity contribution in [3.05, 3.63) is 46.8 Å². The van der Waals surface area contributed by atoms with Crippen LogP contribution in [0.15, 0.2) is 24.3 Å². The number of anilines is 1. The molecular weight excluding hydrogens is 250 g/mol.